The van der Waals surface area contributed by atoms with Crippen molar-refractivity contribution in [1.82, 2.24) is 4.73 Å². The molecular formula is C26H20ClF3N2O6S. The molecule has 1 aliphatic carbocycles. The molecule has 0 saturated heterocycles. The van der Waals surface area contributed by atoms with Gasteiger partial charge in [0.15, 0.2) is 5.78 Å². The molecule has 0 amide bonds. The number of carbonyl (C=O) groups is 1. The molecule has 0 radical (unpaired) electrons. The van der Waals surface area contributed by atoms with E-state index in [1.54, 1.807) is 0 Å². The number of anilines is 1. The van der Waals surface area contributed by atoms with Crippen LogP contribution in [0, 0.1) is 0 Å². The molecule has 1 heterocycles. The maximum atomic E-state index is 13.3. The fourth-order valence-electron chi connectivity index (χ4n) is 4.52. The number of aromatic nitrogens is 1. The van der Waals surface area contributed by atoms with Crippen LogP contribution in [-0.2, 0) is 22.7 Å². The number of nitrogen functional groups attached to an aromatic ring is 1. The van der Waals surface area contributed by atoms with Crippen molar-refractivity contribution in [2.24, 2.45) is 0 Å². The summed E-state index contributed by atoms with van der Waals surface area (Å²) in [5.74, 6) is -1.22. The van der Waals surface area contributed by atoms with Crippen LogP contribution in [0.3, 0.4) is 0 Å². The first kappa shape index (κ1) is 28.1. The van der Waals surface area contributed by atoms with Gasteiger partial charge in [-0.25, -0.2) is 0 Å². The molecule has 13 heteroatoms. The number of rotatable bonds is 4. The number of benzene rings is 3. The Morgan fingerprint density at radius 3 is 2.21 bits per heavy atom. The Bertz CT molecular complexity index is 1750. The average Bonchev–Trinajstić information content (AvgIpc) is 2.86. The number of fused-ring (bicyclic) bond motifs is 2. The van der Waals surface area contributed by atoms with E-state index in [4.69, 9.17) is 21.6 Å². The van der Waals surface area contributed by atoms with Gasteiger partial charge in [0.1, 0.15) is 4.90 Å². The zero-order valence-electron chi connectivity index (χ0n) is 19.8. The fourth-order valence-corrected chi connectivity index (χ4v) is 5.62. The number of pyridine rings is 1. The molecule has 39 heavy (non-hydrogen) atoms. The number of hydrogen-bond donors (Lipinski definition) is 1. The van der Waals surface area contributed by atoms with Crippen LogP contribution in [-0.4, -0.2) is 24.4 Å². The molecular weight excluding hydrogens is 561 g/mol. The van der Waals surface area contributed by atoms with E-state index in [2.05, 4.69) is 0 Å². The Morgan fingerprint density at radius 1 is 0.949 bits per heavy atom. The SMILES string of the molecule is Nc1ccc(S(=O)(=O)On2c3c(c(=O)c4cc(Cl)ccc42)C(=O)CC(c2ccc(C(F)(F)F)cc2)C3)cc1.O. The molecule has 5 rings (SSSR count). The van der Waals surface area contributed by atoms with Gasteiger partial charge in [0.05, 0.1) is 27.7 Å². The molecule has 0 aliphatic heterocycles. The maximum absolute atomic E-state index is 13.3. The molecule has 4 N–H and O–H groups in total. The largest absolute Gasteiger partial charge is 0.416 e. The molecule has 0 spiro atoms. The van der Waals surface area contributed by atoms with E-state index in [1.807, 2.05) is 0 Å². The molecule has 3 aromatic carbocycles. The highest BCUT2D eigenvalue weighted by atomic mass is 35.5. The number of nitrogens with two attached hydrogens (primary N) is 1. The lowest BCUT2D eigenvalue weighted by Gasteiger charge is -2.27. The summed E-state index contributed by atoms with van der Waals surface area (Å²) in [4.78, 5) is 26.3. The van der Waals surface area contributed by atoms with Gasteiger partial charge < -0.3 is 11.2 Å². The highest BCUT2D eigenvalue weighted by molar-refractivity contribution is 7.87. The Kier molecular flexibility index (Phi) is 7.23. The third-order valence-corrected chi connectivity index (χ3v) is 7.81. The van der Waals surface area contributed by atoms with E-state index >= 15 is 0 Å². The fraction of sp³-hybridized carbons (Fsp3) is 0.154. The number of hydrogen-bond acceptors (Lipinski definition) is 6. The van der Waals surface area contributed by atoms with E-state index in [-0.39, 0.29) is 50.4 Å². The van der Waals surface area contributed by atoms with Crippen molar-refractivity contribution in [2.45, 2.75) is 29.8 Å². The maximum Gasteiger partial charge on any atom is 0.416 e. The molecule has 0 fully saturated rings. The van der Waals surface area contributed by atoms with Crippen LogP contribution in [0.2, 0.25) is 5.02 Å². The zero-order valence-corrected chi connectivity index (χ0v) is 21.4. The van der Waals surface area contributed by atoms with Gasteiger partial charge in [0, 0.05) is 17.1 Å². The van der Waals surface area contributed by atoms with Crippen molar-refractivity contribution in [1.29, 1.82) is 0 Å². The summed E-state index contributed by atoms with van der Waals surface area (Å²) in [6.45, 7) is 0. The summed E-state index contributed by atoms with van der Waals surface area (Å²) in [6.07, 6.45) is -4.74. The van der Waals surface area contributed by atoms with Gasteiger partial charge in [-0.2, -0.15) is 26.3 Å². The highest BCUT2D eigenvalue weighted by Gasteiger charge is 2.35. The highest BCUT2D eigenvalue weighted by Crippen LogP contribution is 2.36. The van der Waals surface area contributed by atoms with Gasteiger partial charge in [0.2, 0.25) is 5.43 Å². The lowest BCUT2D eigenvalue weighted by Crippen LogP contribution is -2.34. The number of halogens is 4. The van der Waals surface area contributed by atoms with E-state index in [0.29, 0.717) is 11.3 Å². The number of ketones is 1. The topological polar surface area (TPSA) is 140 Å². The molecule has 1 atom stereocenters. The minimum Gasteiger partial charge on any atom is -0.412 e. The van der Waals surface area contributed by atoms with Crippen molar-refractivity contribution < 1.29 is 36.1 Å². The minimum atomic E-state index is -4.53. The summed E-state index contributed by atoms with van der Waals surface area (Å²) in [7, 11) is -4.46. The van der Waals surface area contributed by atoms with Crippen LogP contribution < -0.4 is 15.4 Å². The third-order valence-electron chi connectivity index (χ3n) is 6.38. The van der Waals surface area contributed by atoms with Crippen molar-refractivity contribution in [3.05, 3.63) is 104 Å². The number of carbonyl (C=O) groups excluding carboxylic acids is 1. The first-order valence-electron chi connectivity index (χ1n) is 11.2. The first-order valence-corrected chi connectivity index (χ1v) is 13.0. The van der Waals surface area contributed by atoms with E-state index in [1.165, 1.54) is 54.6 Å². The normalized spacial score (nSPS) is 15.5. The number of alkyl halides is 3. The van der Waals surface area contributed by atoms with E-state index in [0.717, 1.165) is 16.9 Å². The van der Waals surface area contributed by atoms with Gasteiger partial charge >= 0.3 is 16.3 Å². The Balaban J connectivity index is 0.00000353. The smallest absolute Gasteiger partial charge is 0.412 e. The van der Waals surface area contributed by atoms with Crippen LogP contribution in [0.25, 0.3) is 10.9 Å². The lowest BCUT2D eigenvalue weighted by atomic mass is 9.81. The predicted octanol–water partition coefficient (Wildman–Crippen LogP) is 4.16. The summed E-state index contributed by atoms with van der Waals surface area (Å²) in [5, 5.41) is 0.165. The first-order chi connectivity index (χ1) is 17.8. The molecule has 0 saturated carbocycles. The third kappa shape index (κ3) is 5.22. The van der Waals surface area contributed by atoms with Crippen LogP contribution in [0.4, 0.5) is 18.9 Å². The molecule has 8 nitrogen and oxygen atoms in total. The zero-order chi connectivity index (χ0) is 27.4. The predicted molar refractivity (Wildman–Crippen MR) is 138 cm³/mol. The molecule has 1 aromatic heterocycles. The molecule has 204 valence electrons. The summed E-state index contributed by atoms with van der Waals surface area (Å²) in [5.41, 5.74) is 4.71. The van der Waals surface area contributed by atoms with Crippen LogP contribution in [0.5, 0.6) is 0 Å². The summed E-state index contributed by atoms with van der Waals surface area (Å²) < 4.78 is 71.9. The second-order valence-electron chi connectivity index (χ2n) is 8.85. The van der Waals surface area contributed by atoms with E-state index < -0.39 is 39.0 Å². The van der Waals surface area contributed by atoms with Crippen molar-refractivity contribution in [2.75, 3.05) is 5.73 Å². The molecule has 1 unspecified atom stereocenters. The second-order valence-corrected chi connectivity index (χ2v) is 10.8. The standard InChI is InChI=1S/C26H18ClF3N2O5S.H2O/c27-17-5-10-21-20(13-17)25(34)24-22(32(21)37-38(35,36)19-8-6-18(31)7-9-19)11-15(12-23(24)33)14-1-3-16(4-2-14)26(28,29)30;/h1-10,13,15H,11-12,31H2;1H2. The average molecular weight is 581 g/mol. The van der Waals surface area contributed by atoms with Crippen molar-refractivity contribution in [3.63, 3.8) is 0 Å². The van der Waals surface area contributed by atoms with Gasteiger partial charge in [-0.1, -0.05) is 23.7 Å². The Labute approximate surface area is 224 Å². The molecule has 0 bridgehead atoms. The summed E-state index contributed by atoms with van der Waals surface area (Å²) in [6, 6.07) is 13.7. The minimum absolute atomic E-state index is 0. The number of nitrogens with zero attached hydrogens (tertiary/aromatic N) is 1. The van der Waals surface area contributed by atoms with Crippen LogP contribution in [0.1, 0.15) is 39.5 Å². The van der Waals surface area contributed by atoms with Crippen molar-refractivity contribution in [3.8, 4) is 0 Å². The van der Waals surface area contributed by atoms with Crippen molar-refractivity contribution >= 4 is 44.1 Å². The second kappa shape index (κ2) is 10.0. The Hall–Kier alpha value is -3.87. The van der Waals surface area contributed by atoms with Crippen LogP contribution in [0.15, 0.2) is 76.4 Å². The molecule has 1 aliphatic rings. The van der Waals surface area contributed by atoms with Crippen LogP contribution >= 0.6 is 11.6 Å². The van der Waals surface area contributed by atoms with Gasteiger partial charge in [-0.15, -0.1) is 0 Å². The lowest BCUT2D eigenvalue weighted by molar-refractivity contribution is -0.137. The van der Waals surface area contributed by atoms with E-state index in [9.17, 15) is 31.2 Å². The summed E-state index contributed by atoms with van der Waals surface area (Å²) >= 11 is 6.07. The van der Waals surface area contributed by atoms with Gasteiger partial charge in [-0.3, -0.25) is 13.9 Å². The van der Waals surface area contributed by atoms with Gasteiger partial charge in [0.25, 0.3) is 0 Å². The monoisotopic (exact) mass is 580 g/mol. The van der Waals surface area contributed by atoms with Gasteiger partial charge in [-0.05, 0) is 72.5 Å². The quantitative estimate of drug-likeness (QED) is 0.359. The number of Topliss-reactive ketones (excluding diaryl/α,β-unsaturated/α-hetero) is 1. The molecule has 4 aromatic rings. The Morgan fingerprint density at radius 2 is 1.59 bits per heavy atom.